The number of ether oxygens (including phenoxy) is 2. The molecule has 2 aliphatic carbocycles. The van der Waals surface area contributed by atoms with Crippen LogP contribution in [0.15, 0.2) is 18.2 Å². The number of hydrogen-bond acceptors (Lipinski definition) is 6. The normalized spacial score (nSPS) is 25.3. The third kappa shape index (κ3) is 5.99. The Kier molecular flexibility index (Phi) is 7.49. The van der Waals surface area contributed by atoms with Crippen molar-refractivity contribution in [2.45, 2.75) is 96.2 Å². The second kappa shape index (κ2) is 10.6. The van der Waals surface area contributed by atoms with Crippen LogP contribution < -0.4 is 11.1 Å². The SMILES string of the molecule is CC1(C)CC(=O)c2c(C(F)(F)F)nn(-c3ccc(C(N)=O)c(N[C@H]4CC[C@H](OC5CCCCO5)CC4)c3)c2C1. The molecule has 212 valence electrons. The molecule has 11 heteroatoms. The van der Waals surface area contributed by atoms with Gasteiger partial charge in [0.2, 0.25) is 0 Å². The molecule has 39 heavy (non-hydrogen) atoms. The maximum Gasteiger partial charge on any atom is 0.435 e. The van der Waals surface area contributed by atoms with Gasteiger partial charge in [-0.15, -0.1) is 0 Å². The van der Waals surface area contributed by atoms with Gasteiger partial charge in [-0.05, 0) is 75.0 Å². The highest BCUT2D eigenvalue weighted by atomic mass is 19.4. The topological polar surface area (TPSA) is 108 Å². The summed E-state index contributed by atoms with van der Waals surface area (Å²) in [5, 5.41) is 7.27. The number of carbonyl (C=O) groups is 2. The molecule has 0 bridgehead atoms. The van der Waals surface area contributed by atoms with E-state index in [1.807, 2.05) is 13.8 Å². The summed E-state index contributed by atoms with van der Waals surface area (Å²) in [6, 6.07) is 4.63. The van der Waals surface area contributed by atoms with E-state index in [0.29, 0.717) is 11.4 Å². The first-order valence-corrected chi connectivity index (χ1v) is 13.6. The highest BCUT2D eigenvalue weighted by molar-refractivity contribution is 6.00. The molecule has 0 radical (unpaired) electrons. The minimum atomic E-state index is -4.77. The van der Waals surface area contributed by atoms with Gasteiger partial charge >= 0.3 is 6.18 Å². The molecule has 1 amide bonds. The van der Waals surface area contributed by atoms with Crippen LogP contribution in [-0.4, -0.2) is 46.5 Å². The maximum atomic E-state index is 13.9. The lowest BCUT2D eigenvalue weighted by atomic mass is 9.75. The van der Waals surface area contributed by atoms with Crippen molar-refractivity contribution >= 4 is 17.4 Å². The van der Waals surface area contributed by atoms with E-state index in [1.54, 1.807) is 6.07 Å². The van der Waals surface area contributed by atoms with E-state index in [-0.39, 0.29) is 48.1 Å². The summed E-state index contributed by atoms with van der Waals surface area (Å²) >= 11 is 0. The van der Waals surface area contributed by atoms with E-state index >= 15 is 0 Å². The first-order chi connectivity index (χ1) is 18.4. The molecule has 1 saturated heterocycles. The van der Waals surface area contributed by atoms with Crippen LogP contribution in [0.1, 0.15) is 97.3 Å². The Morgan fingerprint density at radius 3 is 2.54 bits per heavy atom. The number of rotatable bonds is 6. The summed E-state index contributed by atoms with van der Waals surface area (Å²) in [5.74, 6) is -1.21. The minimum Gasteiger partial charge on any atom is -0.382 e. The number of primary amides is 1. The summed E-state index contributed by atoms with van der Waals surface area (Å²) in [5.41, 5.74) is 4.80. The van der Waals surface area contributed by atoms with Crippen LogP contribution in [0.3, 0.4) is 0 Å². The number of anilines is 1. The molecular weight excluding hydrogens is 513 g/mol. The Morgan fingerprint density at radius 1 is 1.15 bits per heavy atom. The van der Waals surface area contributed by atoms with E-state index < -0.39 is 29.0 Å². The van der Waals surface area contributed by atoms with Crippen LogP contribution in [-0.2, 0) is 22.1 Å². The van der Waals surface area contributed by atoms with Crippen molar-refractivity contribution in [3.05, 3.63) is 40.7 Å². The predicted octanol–water partition coefficient (Wildman–Crippen LogP) is 5.41. The number of nitrogens with two attached hydrogens (primary N) is 1. The molecule has 2 heterocycles. The second-order valence-corrected chi connectivity index (χ2v) is 11.7. The molecule has 5 rings (SSSR count). The molecule has 3 aliphatic rings. The minimum absolute atomic E-state index is 0.0153. The van der Waals surface area contributed by atoms with Crippen LogP contribution in [0.25, 0.3) is 5.69 Å². The molecule has 1 saturated carbocycles. The van der Waals surface area contributed by atoms with Gasteiger partial charge in [-0.1, -0.05) is 13.8 Å². The number of alkyl halides is 3. The Labute approximate surface area is 225 Å². The van der Waals surface area contributed by atoms with Crippen molar-refractivity contribution in [1.82, 2.24) is 9.78 Å². The number of halogens is 3. The largest absolute Gasteiger partial charge is 0.435 e. The number of amides is 1. The summed E-state index contributed by atoms with van der Waals surface area (Å²) in [4.78, 5) is 25.0. The van der Waals surface area contributed by atoms with E-state index in [2.05, 4.69) is 10.4 Å². The predicted molar refractivity (Wildman–Crippen MR) is 138 cm³/mol. The third-order valence-corrected chi connectivity index (χ3v) is 7.84. The first-order valence-electron chi connectivity index (χ1n) is 13.6. The number of carbonyl (C=O) groups excluding carboxylic acids is 2. The molecule has 2 fully saturated rings. The quantitative estimate of drug-likeness (QED) is 0.500. The highest BCUT2D eigenvalue weighted by Crippen LogP contribution is 2.42. The zero-order valence-corrected chi connectivity index (χ0v) is 22.3. The average molecular weight is 549 g/mol. The lowest BCUT2D eigenvalue weighted by molar-refractivity contribution is -0.193. The van der Waals surface area contributed by atoms with Gasteiger partial charge < -0.3 is 20.5 Å². The molecule has 1 atom stereocenters. The van der Waals surface area contributed by atoms with Gasteiger partial charge in [0.05, 0.1) is 28.6 Å². The molecule has 2 aromatic rings. The van der Waals surface area contributed by atoms with Crippen molar-refractivity contribution in [3.63, 3.8) is 0 Å². The van der Waals surface area contributed by atoms with Crippen molar-refractivity contribution in [2.24, 2.45) is 11.1 Å². The number of ketones is 1. The Hall–Kier alpha value is -2.92. The van der Waals surface area contributed by atoms with E-state index in [0.717, 1.165) is 51.6 Å². The first kappa shape index (κ1) is 27.6. The monoisotopic (exact) mass is 548 g/mol. The lowest BCUT2D eigenvalue weighted by Crippen LogP contribution is -2.34. The molecule has 8 nitrogen and oxygen atoms in total. The fourth-order valence-corrected chi connectivity index (χ4v) is 5.95. The van der Waals surface area contributed by atoms with Gasteiger partial charge in [-0.25, -0.2) is 4.68 Å². The summed E-state index contributed by atoms with van der Waals surface area (Å²) in [6.45, 7) is 4.42. The van der Waals surface area contributed by atoms with Crippen molar-refractivity contribution in [1.29, 1.82) is 0 Å². The van der Waals surface area contributed by atoms with Crippen LogP contribution in [0, 0.1) is 5.41 Å². The lowest BCUT2D eigenvalue weighted by Gasteiger charge is -2.33. The van der Waals surface area contributed by atoms with Gasteiger partial charge in [0.15, 0.2) is 17.8 Å². The Balaban J connectivity index is 1.40. The fraction of sp³-hybridized carbons (Fsp3) is 0.607. The van der Waals surface area contributed by atoms with Gasteiger partial charge in [-0.3, -0.25) is 9.59 Å². The molecule has 0 spiro atoms. The zero-order valence-electron chi connectivity index (χ0n) is 22.3. The number of benzene rings is 1. The summed E-state index contributed by atoms with van der Waals surface area (Å²) in [6.07, 6.45) is 1.74. The second-order valence-electron chi connectivity index (χ2n) is 11.7. The zero-order chi connectivity index (χ0) is 27.9. The van der Waals surface area contributed by atoms with E-state index in [9.17, 15) is 22.8 Å². The van der Waals surface area contributed by atoms with Gasteiger partial charge in [-0.2, -0.15) is 18.3 Å². The summed E-state index contributed by atoms with van der Waals surface area (Å²) in [7, 11) is 0. The summed E-state index contributed by atoms with van der Waals surface area (Å²) < 4.78 is 54.7. The standard InChI is InChI=1S/C28H35F3N4O4/c1-27(2)14-21-24(22(36)15-27)25(28(29,30)31)34-35(21)17-8-11-19(26(32)37)20(13-17)33-16-6-9-18(10-7-16)39-23-5-3-4-12-38-23/h8,11,13,16,18,23,33H,3-7,9-10,12,14-15H2,1-2H3,(H2,32,37)/t16-,18-,23?. The van der Waals surface area contributed by atoms with Gasteiger partial charge in [0, 0.05) is 24.8 Å². The van der Waals surface area contributed by atoms with Gasteiger partial charge in [0.1, 0.15) is 0 Å². The molecule has 1 aromatic heterocycles. The van der Waals surface area contributed by atoms with Crippen LogP contribution in [0.4, 0.5) is 18.9 Å². The van der Waals surface area contributed by atoms with Crippen LogP contribution >= 0.6 is 0 Å². The average Bonchev–Trinajstić information content (AvgIpc) is 3.25. The fourth-order valence-electron chi connectivity index (χ4n) is 5.95. The smallest absolute Gasteiger partial charge is 0.382 e. The Morgan fingerprint density at radius 2 is 1.90 bits per heavy atom. The van der Waals surface area contributed by atoms with Crippen molar-refractivity contribution in [3.8, 4) is 5.69 Å². The number of aromatic nitrogens is 2. The molecule has 1 unspecified atom stereocenters. The highest BCUT2D eigenvalue weighted by Gasteiger charge is 2.45. The number of nitrogens with zero attached hydrogens (tertiary/aromatic N) is 2. The maximum absolute atomic E-state index is 13.9. The molecule has 3 N–H and O–H groups in total. The third-order valence-electron chi connectivity index (χ3n) is 7.84. The van der Waals surface area contributed by atoms with Crippen molar-refractivity contribution in [2.75, 3.05) is 11.9 Å². The Bertz CT molecular complexity index is 1240. The van der Waals surface area contributed by atoms with Crippen LogP contribution in [0.5, 0.6) is 0 Å². The van der Waals surface area contributed by atoms with E-state index in [4.69, 9.17) is 15.2 Å². The van der Waals surface area contributed by atoms with Gasteiger partial charge in [0.25, 0.3) is 5.91 Å². The molecule has 1 aliphatic heterocycles. The number of hydrogen-bond donors (Lipinski definition) is 2. The van der Waals surface area contributed by atoms with E-state index in [1.165, 1.54) is 16.8 Å². The van der Waals surface area contributed by atoms with Crippen LogP contribution in [0.2, 0.25) is 0 Å². The number of fused-ring (bicyclic) bond motifs is 1. The number of Topliss-reactive ketones (excluding diaryl/α,β-unsaturated/α-hetero) is 1. The molecule has 1 aromatic carbocycles. The molecular formula is C28H35F3N4O4. The van der Waals surface area contributed by atoms with Crippen molar-refractivity contribution < 1.29 is 32.2 Å². The number of nitrogens with one attached hydrogen (secondary N) is 1.